The molecule has 98 valence electrons. The number of hydrogen-bond donors (Lipinski definition) is 1. The van der Waals surface area contributed by atoms with Gasteiger partial charge in [0.1, 0.15) is 23.9 Å². The fourth-order valence-electron chi connectivity index (χ4n) is 1.41. The molecule has 0 bridgehead atoms. The lowest BCUT2D eigenvalue weighted by Crippen LogP contribution is -2.04. The fourth-order valence-corrected chi connectivity index (χ4v) is 1.54. The molecule has 2 rings (SSSR count). The van der Waals surface area contributed by atoms with Gasteiger partial charge in [0, 0.05) is 11.1 Å². The normalized spacial score (nSPS) is 10.8. The highest BCUT2D eigenvalue weighted by atomic mass is 35.5. The van der Waals surface area contributed by atoms with Crippen LogP contribution in [0, 0.1) is 0 Å². The third-order valence-electron chi connectivity index (χ3n) is 2.29. The monoisotopic (exact) mass is 277 g/mol. The molecule has 0 aliphatic heterocycles. The first-order valence-electron chi connectivity index (χ1n) is 5.58. The van der Waals surface area contributed by atoms with Crippen molar-refractivity contribution >= 4 is 23.6 Å². The number of carbonyl (C=O) groups excluding carboxylic acids is 1. The van der Waals surface area contributed by atoms with Crippen LogP contribution in [0.25, 0.3) is 6.08 Å². The zero-order valence-corrected chi connectivity index (χ0v) is 10.8. The first kappa shape index (κ1) is 13.2. The zero-order valence-electron chi connectivity index (χ0n) is 10.0. The van der Waals surface area contributed by atoms with Gasteiger partial charge in [-0.3, -0.25) is 4.79 Å². The number of carbonyl (C=O) groups is 1. The Morgan fingerprint density at radius 1 is 1.26 bits per heavy atom. The van der Waals surface area contributed by atoms with Crippen LogP contribution in [0.4, 0.5) is 0 Å². The number of benzene rings is 1. The van der Waals surface area contributed by atoms with Crippen molar-refractivity contribution in [1.82, 2.24) is 0 Å². The van der Waals surface area contributed by atoms with Crippen LogP contribution < -0.4 is 10.5 Å². The molecule has 0 spiro atoms. The second-order valence-electron chi connectivity index (χ2n) is 3.78. The first-order valence-corrected chi connectivity index (χ1v) is 5.96. The summed E-state index contributed by atoms with van der Waals surface area (Å²) < 4.78 is 11.0. The number of nitrogens with two attached hydrogens (primary N) is 1. The Morgan fingerprint density at radius 3 is 2.68 bits per heavy atom. The van der Waals surface area contributed by atoms with Crippen LogP contribution in [-0.2, 0) is 11.4 Å². The summed E-state index contributed by atoms with van der Waals surface area (Å²) in [6, 6.07) is 10.6. The molecule has 2 N–H and O–H groups in total. The average molecular weight is 278 g/mol. The van der Waals surface area contributed by atoms with Crippen molar-refractivity contribution in [1.29, 1.82) is 0 Å². The Labute approximate surface area is 115 Å². The molecule has 0 saturated heterocycles. The summed E-state index contributed by atoms with van der Waals surface area (Å²) in [6.45, 7) is 0.298. The SMILES string of the molecule is NC(=O)/C=C\c1ccc(COc2ccc(Cl)cc2)o1. The third-order valence-corrected chi connectivity index (χ3v) is 2.54. The van der Waals surface area contributed by atoms with Gasteiger partial charge < -0.3 is 14.9 Å². The number of hydrogen-bond acceptors (Lipinski definition) is 3. The summed E-state index contributed by atoms with van der Waals surface area (Å²) in [6.07, 6.45) is 2.75. The van der Waals surface area contributed by atoms with Crippen molar-refractivity contribution in [2.24, 2.45) is 5.73 Å². The van der Waals surface area contributed by atoms with E-state index < -0.39 is 5.91 Å². The molecule has 0 radical (unpaired) electrons. The van der Waals surface area contributed by atoms with Gasteiger partial charge >= 0.3 is 0 Å². The summed E-state index contributed by atoms with van der Waals surface area (Å²) in [5.41, 5.74) is 4.99. The van der Waals surface area contributed by atoms with Crippen LogP contribution in [0.15, 0.2) is 46.9 Å². The zero-order chi connectivity index (χ0) is 13.7. The van der Waals surface area contributed by atoms with E-state index in [2.05, 4.69) is 0 Å². The second-order valence-corrected chi connectivity index (χ2v) is 4.22. The van der Waals surface area contributed by atoms with Gasteiger partial charge in [0.15, 0.2) is 0 Å². The summed E-state index contributed by atoms with van der Waals surface area (Å²) >= 11 is 5.77. The van der Waals surface area contributed by atoms with Gasteiger partial charge in [0.25, 0.3) is 0 Å². The highest BCUT2D eigenvalue weighted by Gasteiger charge is 2.01. The standard InChI is InChI=1S/C14H12ClNO3/c15-10-1-3-11(4-2-10)18-9-13-6-5-12(19-13)7-8-14(16)17/h1-8H,9H2,(H2,16,17)/b8-7-. The predicted molar refractivity (Wildman–Crippen MR) is 72.7 cm³/mol. The molecule has 19 heavy (non-hydrogen) atoms. The predicted octanol–water partition coefficient (Wildman–Crippen LogP) is 3.01. The van der Waals surface area contributed by atoms with Crippen LogP contribution in [0.1, 0.15) is 11.5 Å². The van der Waals surface area contributed by atoms with Gasteiger partial charge in [-0.05, 0) is 42.5 Å². The molecule has 0 atom stereocenters. The minimum Gasteiger partial charge on any atom is -0.486 e. The highest BCUT2D eigenvalue weighted by Crippen LogP contribution is 2.18. The maximum absolute atomic E-state index is 10.6. The van der Waals surface area contributed by atoms with Crippen molar-refractivity contribution in [2.45, 2.75) is 6.61 Å². The van der Waals surface area contributed by atoms with Crippen molar-refractivity contribution in [3.8, 4) is 5.75 Å². The maximum Gasteiger partial charge on any atom is 0.241 e. The summed E-state index contributed by atoms with van der Waals surface area (Å²) in [7, 11) is 0. The molecular weight excluding hydrogens is 266 g/mol. The Balaban J connectivity index is 1.93. The fraction of sp³-hybridized carbons (Fsp3) is 0.0714. The molecule has 0 aliphatic rings. The lowest BCUT2D eigenvalue weighted by molar-refractivity contribution is -0.113. The Bertz CT molecular complexity index is 587. The summed E-state index contributed by atoms with van der Waals surface area (Å²) in [5.74, 6) is 1.39. The third kappa shape index (κ3) is 4.19. The van der Waals surface area contributed by atoms with Crippen LogP contribution in [-0.4, -0.2) is 5.91 Å². The van der Waals surface area contributed by atoms with Gasteiger partial charge in [-0.25, -0.2) is 0 Å². The molecule has 1 amide bonds. The minimum atomic E-state index is -0.518. The number of primary amides is 1. The lowest BCUT2D eigenvalue weighted by Gasteiger charge is -2.03. The Kier molecular flexibility index (Phi) is 4.26. The van der Waals surface area contributed by atoms with E-state index in [0.29, 0.717) is 28.9 Å². The number of amides is 1. The van der Waals surface area contributed by atoms with E-state index in [4.69, 9.17) is 26.5 Å². The van der Waals surface area contributed by atoms with Crippen LogP contribution >= 0.6 is 11.6 Å². The highest BCUT2D eigenvalue weighted by molar-refractivity contribution is 6.30. The van der Waals surface area contributed by atoms with Crippen LogP contribution in [0.3, 0.4) is 0 Å². The Hall–Kier alpha value is -2.20. The van der Waals surface area contributed by atoms with E-state index in [1.54, 1.807) is 36.4 Å². The van der Waals surface area contributed by atoms with Crippen molar-refractivity contribution < 1.29 is 13.9 Å². The van der Waals surface area contributed by atoms with Gasteiger partial charge in [-0.2, -0.15) is 0 Å². The minimum absolute atomic E-state index is 0.298. The van der Waals surface area contributed by atoms with Crippen molar-refractivity contribution in [2.75, 3.05) is 0 Å². The molecule has 0 saturated carbocycles. The molecule has 1 aromatic heterocycles. The van der Waals surface area contributed by atoms with E-state index in [-0.39, 0.29) is 0 Å². The number of halogens is 1. The first-order chi connectivity index (χ1) is 9.13. The molecular formula is C14H12ClNO3. The Morgan fingerprint density at radius 2 is 2.00 bits per heavy atom. The molecule has 5 heteroatoms. The van der Waals surface area contributed by atoms with E-state index in [1.165, 1.54) is 12.2 Å². The van der Waals surface area contributed by atoms with E-state index in [9.17, 15) is 4.79 Å². The topological polar surface area (TPSA) is 65.5 Å². The van der Waals surface area contributed by atoms with E-state index in [0.717, 1.165) is 0 Å². The number of rotatable bonds is 5. The van der Waals surface area contributed by atoms with Gasteiger partial charge in [-0.1, -0.05) is 11.6 Å². The van der Waals surface area contributed by atoms with Gasteiger partial charge in [0.05, 0.1) is 0 Å². The smallest absolute Gasteiger partial charge is 0.241 e. The summed E-state index contributed by atoms with van der Waals surface area (Å²) in [4.78, 5) is 10.6. The largest absolute Gasteiger partial charge is 0.486 e. The quantitative estimate of drug-likeness (QED) is 0.855. The van der Waals surface area contributed by atoms with E-state index in [1.807, 2.05) is 0 Å². The van der Waals surface area contributed by atoms with Gasteiger partial charge in [-0.15, -0.1) is 0 Å². The second kappa shape index (κ2) is 6.11. The summed E-state index contributed by atoms with van der Waals surface area (Å²) in [5, 5.41) is 0.657. The average Bonchev–Trinajstić information content (AvgIpc) is 2.84. The molecule has 0 fully saturated rings. The molecule has 4 nitrogen and oxygen atoms in total. The molecule has 0 unspecified atom stereocenters. The number of ether oxygens (including phenoxy) is 1. The van der Waals surface area contributed by atoms with E-state index >= 15 is 0 Å². The maximum atomic E-state index is 10.6. The molecule has 2 aromatic rings. The molecule has 1 aromatic carbocycles. The van der Waals surface area contributed by atoms with Crippen LogP contribution in [0.2, 0.25) is 5.02 Å². The number of furan rings is 1. The molecule has 1 heterocycles. The molecule has 0 aliphatic carbocycles. The van der Waals surface area contributed by atoms with Crippen molar-refractivity contribution in [3.05, 3.63) is 59.0 Å². The van der Waals surface area contributed by atoms with Crippen molar-refractivity contribution in [3.63, 3.8) is 0 Å². The van der Waals surface area contributed by atoms with Gasteiger partial charge in [0.2, 0.25) is 5.91 Å². The van der Waals surface area contributed by atoms with Crippen LogP contribution in [0.5, 0.6) is 5.75 Å². The lowest BCUT2D eigenvalue weighted by atomic mass is 10.3.